The second kappa shape index (κ2) is 1.96. The molecule has 0 saturated carbocycles. The summed E-state index contributed by atoms with van der Waals surface area (Å²) in [5, 5.41) is 8.99. The Balaban J connectivity index is 2.48. The monoisotopic (exact) mass is 128 g/mol. The molecule has 2 heteroatoms. The molecule has 52 valence electrons. The smallest absolute Gasteiger partial charge is 0.0885 e. The number of hydrogen-bond acceptors (Lipinski definition) is 2. The summed E-state index contributed by atoms with van der Waals surface area (Å²) in [6.07, 6.45) is -0.609. The van der Waals surface area contributed by atoms with Gasteiger partial charge in [-0.05, 0) is 6.92 Å². The van der Waals surface area contributed by atoms with E-state index >= 15 is 0 Å². The zero-order chi connectivity index (χ0) is 7.07. The van der Waals surface area contributed by atoms with Gasteiger partial charge in [-0.1, -0.05) is 13.8 Å². The van der Waals surface area contributed by atoms with Crippen molar-refractivity contribution in [2.45, 2.75) is 26.1 Å². The Morgan fingerprint density at radius 3 is 2.33 bits per heavy atom. The lowest BCUT2D eigenvalue weighted by atomic mass is 9.84. The third kappa shape index (κ3) is 1.25. The zero-order valence-corrected chi connectivity index (χ0v) is 5.79. The number of aliphatic hydroxyl groups excluding tert-OH is 1. The number of rotatable bonds is 2. The van der Waals surface area contributed by atoms with Gasteiger partial charge in [0, 0.05) is 5.41 Å². The summed E-state index contributed by atoms with van der Waals surface area (Å²) >= 11 is 0. The maximum absolute atomic E-state index is 8.99. The minimum Gasteiger partial charge on any atom is -0.392 e. The van der Waals surface area contributed by atoms with Crippen molar-refractivity contribution < 1.29 is 9.84 Å². The molecule has 1 heterocycles. The van der Waals surface area contributed by atoms with Crippen molar-refractivity contribution in [3.05, 3.63) is 6.92 Å². The van der Waals surface area contributed by atoms with Crippen LogP contribution in [0.5, 0.6) is 0 Å². The molecule has 2 radical (unpaired) electrons. The highest BCUT2D eigenvalue weighted by Crippen LogP contribution is 2.34. The Morgan fingerprint density at radius 1 is 1.78 bits per heavy atom. The molecular formula is C7H12O2. The molecule has 0 bridgehead atoms. The molecule has 1 N–H and O–H groups in total. The Bertz CT molecular complexity index is 99.5. The van der Waals surface area contributed by atoms with Gasteiger partial charge in [-0.15, -0.1) is 0 Å². The minimum atomic E-state index is -0.773. The first-order chi connectivity index (χ1) is 4.05. The molecule has 0 aliphatic carbocycles. The van der Waals surface area contributed by atoms with Gasteiger partial charge in [-0.25, -0.2) is 0 Å². The SMILES string of the molecule is [CH]C(O)C(C)(C)C1CO1. The summed E-state index contributed by atoms with van der Waals surface area (Å²) in [6, 6.07) is 0. The summed E-state index contributed by atoms with van der Waals surface area (Å²) in [6.45, 7) is 9.82. The van der Waals surface area contributed by atoms with E-state index in [1.165, 1.54) is 0 Å². The molecule has 1 saturated heterocycles. The van der Waals surface area contributed by atoms with Crippen molar-refractivity contribution in [1.82, 2.24) is 0 Å². The predicted octanol–water partition coefficient (Wildman–Crippen LogP) is 0.483. The summed E-state index contributed by atoms with van der Waals surface area (Å²) < 4.78 is 4.99. The highest BCUT2D eigenvalue weighted by Gasteiger charge is 2.42. The van der Waals surface area contributed by atoms with Gasteiger partial charge in [0.2, 0.25) is 0 Å². The van der Waals surface area contributed by atoms with Crippen LogP contribution in [0.3, 0.4) is 0 Å². The third-order valence-electron chi connectivity index (χ3n) is 1.93. The van der Waals surface area contributed by atoms with Crippen LogP contribution in [0.4, 0.5) is 0 Å². The average molecular weight is 128 g/mol. The molecule has 1 aliphatic heterocycles. The zero-order valence-electron chi connectivity index (χ0n) is 5.79. The highest BCUT2D eigenvalue weighted by molar-refractivity contribution is 4.92. The molecule has 1 fully saturated rings. The normalized spacial score (nSPS) is 30.0. The molecule has 2 atom stereocenters. The van der Waals surface area contributed by atoms with Crippen LogP contribution >= 0.6 is 0 Å². The van der Waals surface area contributed by atoms with Gasteiger partial charge in [0.1, 0.15) is 0 Å². The first-order valence-corrected chi connectivity index (χ1v) is 3.10. The van der Waals surface area contributed by atoms with Gasteiger partial charge in [-0.2, -0.15) is 0 Å². The highest BCUT2D eigenvalue weighted by atomic mass is 16.6. The van der Waals surface area contributed by atoms with E-state index in [2.05, 4.69) is 0 Å². The molecule has 2 nitrogen and oxygen atoms in total. The van der Waals surface area contributed by atoms with Crippen molar-refractivity contribution >= 4 is 0 Å². The van der Waals surface area contributed by atoms with Crippen molar-refractivity contribution in [2.75, 3.05) is 6.61 Å². The number of epoxide rings is 1. The van der Waals surface area contributed by atoms with Crippen molar-refractivity contribution in [3.8, 4) is 0 Å². The van der Waals surface area contributed by atoms with E-state index in [1.807, 2.05) is 13.8 Å². The van der Waals surface area contributed by atoms with Gasteiger partial charge in [-0.3, -0.25) is 0 Å². The van der Waals surface area contributed by atoms with Crippen LogP contribution in [0.1, 0.15) is 13.8 Å². The molecule has 2 unspecified atom stereocenters. The first kappa shape index (κ1) is 7.03. The maximum Gasteiger partial charge on any atom is 0.0885 e. The molecule has 0 spiro atoms. The van der Waals surface area contributed by atoms with E-state index in [1.54, 1.807) is 0 Å². The standard InChI is InChI=1S/C7H12O2/c1-5(8)7(2,3)6-4-9-6/h1,5-6,8H,4H2,2-3H3. The average Bonchev–Trinajstić information content (AvgIpc) is 2.42. The summed E-state index contributed by atoms with van der Waals surface area (Å²) in [5.74, 6) is 0. The molecule has 9 heavy (non-hydrogen) atoms. The Hall–Kier alpha value is -0.0800. The quantitative estimate of drug-likeness (QED) is 0.549. The number of hydrogen-bond donors (Lipinski definition) is 1. The molecule has 1 rings (SSSR count). The molecule has 0 amide bonds. The lowest BCUT2D eigenvalue weighted by Gasteiger charge is -2.24. The number of aliphatic hydroxyl groups is 1. The Labute approximate surface area is 55.8 Å². The van der Waals surface area contributed by atoms with E-state index < -0.39 is 6.10 Å². The van der Waals surface area contributed by atoms with Crippen LogP contribution in [0, 0.1) is 12.3 Å². The fourth-order valence-corrected chi connectivity index (χ4v) is 0.668. The van der Waals surface area contributed by atoms with E-state index in [0.29, 0.717) is 0 Å². The van der Waals surface area contributed by atoms with E-state index in [0.717, 1.165) is 6.61 Å². The molecule has 0 aromatic rings. The lowest BCUT2D eigenvalue weighted by Crippen LogP contribution is -2.32. The van der Waals surface area contributed by atoms with Gasteiger partial charge < -0.3 is 9.84 Å². The van der Waals surface area contributed by atoms with E-state index in [4.69, 9.17) is 16.8 Å². The molecule has 0 aromatic carbocycles. The van der Waals surface area contributed by atoms with Crippen LogP contribution in [-0.2, 0) is 4.74 Å². The summed E-state index contributed by atoms with van der Waals surface area (Å²) in [7, 11) is 0. The summed E-state index contributed by atoms with van der Waals surface area (Å²) in [4.78, 5) is 0. The topological polar surface area (TPSA) is 32.8 Å². The molecule has 1 aliphatic rings. The minimum absolute atomic E-state index is 0.164. The van der Waals surface area contributed by atoms with Crippen LogP contribution < -0.4 is 0 Å². The lowest BCUT2D eigenvalue weighted by molar-refractivity contribution is 0.0631. The third-order valence-corrected chi connectivity index (χ3v) is 1.93. The Morgan fingerprint density at radius 2 is 2.22 bits per heavy atom. The fraction of sp³-hybridized carbons (Fsp3) is 0.857. The molecular weight excluding hydrogens is 116 g/mol. The number of ether oxygens (including phenoxy) is 1. The van der Waals surface area contributed by atoms with Gasteiger partial charge in [0.15, 0.2) is 0 Å². The summed E-state index contributed by atoms with van der Waals surface area (Å²) in [5.41, 5.74) is -0.278. The largest absolute Gasteiger partial charge is 0.392 e. The van der Waals surface area contributed by atoms with E-state index in [9.17, 15) is 0 Å². The van der Waals surface area contributed by atoms with Crippen LogP contribution in [0.15, 0.2) is 0 Å². The van der Waals surface area contributed by atoms with Crippen LogP contribution in [0.2, 0.25) is 0 Å². The van der Waals surface area contributed by atoms with E-state index in [-0.39, 0.29) is 11.5 Å². The molecule has 0 aromatic heterocycles. The van der Waals surface area contributed by atoms with Crippen LogP contribution in [0.25, 0.3) is 0 Å². The predicted molar refractivity (Wildman–Crippen MR) is 33.8 cm³/mol. The fourth-order valence-electron chi connectivity index (χ4n) is 0.668. The van der Waals surface area contributed by atoms with Crippen molar-refractivity contribution in [1.29, 1.82) is 0 Å². The van der Waals surface area contributed by atoms with Gasteiger partial charge >= 0.3 is 0 Å². The maximum atomic E-state index is 8.99. The Kier molecular flexibility index (Phi) is 1.53. The second-order valence-corrected chi connectivity index (χ2v) is 3.09. The van der Waals surface area contributed by atoms with Crippen molar-refractivity contribution in [2.24, 2.45) is 5.41 Å². The van der Waals surface area contributed by atoms with Gasteiger partial charge in [0.25, 0.3) is 0 Å². The van der Waals surface area contributed by atoms with Gasteiger partial charge in [0.05, 0.1) is 18.8 Å². The second-order valence-electron chi connectivity index (χ2n) is 3.09. The van der Waals surface area contributed by atoms with Crippen LogP contribution in [-0.4, -0.2) is 23.9 Å². The first-order valence-electron chi connectivity index (χ1n) is 3.10. The van der Waals surface area contributed by atoms with Crippen molar-refractivity contribution in [3.63, 3.8) is 0 Å².